The second kappa shape index (κ2) is 12.2. The summed E-state index contributed by atoms with van der Waals surface area (Å²) in [6.07, 6.45) is 11.4. The Kier molecular flexibility index (Phi) is 8.48. The Bertz CT molecular complexity index is 1440. The summed E-state index contributed by atoms with van der Waals surface area (Å²) in [4.78, 5) is 45.2. The minimum absolute atomic E-state index is 0.0939. The van der Waals surface area contributed by atoms with Gasteiger partial charge in [-0.2, -0.15) is 0 Å². The fourth-order valence-electron chi connectivity index (χ4n) is 9.49. The number of aromatic nitrogens is 1. The summed E-state index contributed by atoms with van der Waals surface area (Å²) in [5.74, 6) is 0.383. The number of amides is 2. The molecule has 6 rings (SSSR count). The van der Waals surface area contributed by atoms with Crippen LogP contribution in [-0.2, 0) is 25.6 Å². The average Bonchev–Trinajstić information content (AvgIpc) is 3.55. The quantitative estimate of drug-likeness (QED) is 0.270. The molecule has 4 fully saturated rings. The van der Waals surface area contributed by atoms with E-state index in [9.17, 15) is 24.6 Å². The van der Waals surface area contributed by atoms with Gasteiger partial charge in [-0.1, -0.05) is 37.2 Å². The molecule has 0 saturated heterocycles. The summed E-state index contributed by atoms with van der Waals surface area (Å²) in [7, 11) is 0. The van der Waals surface area contributed by atoms with E-state index in [1.807, 2.05) is 24.3 Å². The second-order valence-electron chi connectivity index (χ2n) is 14.2. The van der Waals surface area contributed by atoms with E-state index in [0.29, 0.717) is 23.7 Å². The molecule has 4 saturated carbocycles. The summed E-state index contributed by atoms with van der Waals surface area (Å²) < 4.78 is 0. The van der Waals surface area contributed by atoms with Gasteiger partial charge in [0.05, 0.1) is 18.4 Å². The van der Waals surface area contributed by atoms with Crippen LogP contribution in [0.1, 0.15) is 77.2 Å². The maximum atomic E-state index is 12.5. The lowest BCUT2D eigenvalue weighted by molar-refractivity contribution is -0.141. The zero-order valence-electron chi connectivity index (χ0n) is 25.8. The van der Waals surface area contributed by atoms with Crippen molar-refractivity contribution in [3.05, 3.63) is 36.0 Å². The Hall–Kier alpha value is -3.40. The van der Waals surface area contributed by atoms with Gasteiger partial charge in [-0.15, -0.1) is 0 Å². The Morgan fingerprint density at radius 2 is 1.84 bits per heavy atom. The maximum Gasteiger partial charge on any atom is 0.326 e. The highest BCUT2D eigenvalue weighted by Crippen LogP contribution is 2.66. The van der Waals surface area contributed by atoms with E-state index in [2.05, 4.69) is 34.6 Å². The van der Waals surface area contributed by atoms with Crippen LogP contribution in [0.5, 0.6) is 0 Å². The number of nitrogens with zero attached hydrogens (tertiary/aromatic N) is 1. The van der Waals surface area contributed by atoms with Gasteiger partial charge in [0, 0.05) is 23.5 Å². The first-order valence-corrected chi connectivity index (χ1v) is 16.3. The fourth-order valence-corrected chi connectivity index (χ4v) is 9.49. The lowest BCUT2D eigenvalue weighted by Crippen LogP contribution is -2.54. The number of carbonyl (C=O) groups is 3. The van der Waals surface area contributed by atoms with Gasteiger partial charge >= 0.3 is 5.97 Å². The van der Waals surface area contributed by atoms with E-state index in [-0.39, 0.29) is 36.5 Å². The number of H-pyrrole nitrogens is 1. The predicted molar refractivity (Wildman–Crippen MR) is 166 cm³/mol. The number of fused-ring (bicyclic) bond motifs is 6. The highest BCUT2D eigenvalue weighted by Gasteiger charge is 2.59. The van der Waals surface area contributed by atoms with Gasteiger partial charge in [-0.25, -0.2) is 4.79 Å². The lowest BCUT2D eigenvalue weighted by atomic mass is 9.45. The maximum absolute atomic E-state index is 12.5. The van der Waals surface area contributed by atoms with Crippen LogP contribution in [0.3, 0.4) is 0 Å². The molecule has 0 bridgehead atoms. The van der Waals surface area contributed by atoms with Crippen LogP contribution >= 0.6 is 0 Å². The first-order valence-electron chi connectivity index (χ1n) is 16.3. The molecule has 0 unspecified atom stereocenters. The first-order chi connectivity index (χ1) is 21.1. The van der Waals surface area contributed by atoms with Crippen molar-refractivity contribution in [2.75, 3.05) is 13.2 Å². The third-order valence-corrected chi connectivity index (χ3v) is 12.0. The number of aliphatic carboxylic acids is 1. The Morgan fingerprint density at radius 3 is 2.66 bits per heavy atom. The number of aromatic amines is 1. The smallest absolute Gasteiger partial charge is 0.326 e. The molecule has 238 valence electrons. The van der Waals surface area contributed by atoms with E-state index >= 15 is 0 Å². The molecule has 0 aliphatic heterocycles. The van der Waals surface area contributed by atoms with Crippen molar-refractivity contribution >= 4 is 34.4 Å². The summed E-state index contributed by atoms with van der Waals surface area (Å²) in [6, 6.07) is 6.44. The van der Waals surface area contributed by atoms with Crippen LogP contribution in [0.4, 0.5) is 0 Å². The third-order valence-electron chi connectivity index (χ3n) is 12.0. The van der Waals surface area contributed by atoms with Gasteiger partial charge in [0.1, 0.15) is 6.04 Å². The van der Waals surface area contributed by atoms with Gasteiger partial charge in [0.2, 0.25) is 5.91 Å². The number of para-hydroxylation sites is 1. The molecule has 0 radical (unpaired) electrons. The topological polar surface area (TPSA) is 153 Å². The minimum atomic E-state index is -1.15. The van der Waals surface area contributed by atoms with Crippen molar-refractivity contribution in [1.29, 1.82) is 0 Å². The number of hydrogen-bond acceptors (Lipinski definition) is 6. The molecule has 8 atom stereocenters. The molecule has 2 aromatic rings. The molecule has 10 heteroatoms. The number of aliphatic hydroxyl groups is 1. The van der Waals surface area contributed by atoms with Crippen LogP contribution in [0.2, 0.25) is 0 Å². The van der Waals surface area contributed by atoms with Crippen LogP contribution in [0.25, 0.3) is 10.9 Å². The van der Waals surface area contributed by atoms with E-state index in [1.165, 1.54) is 19.3 Å². The standard InChI is InChI=1S/C34H46N4O6/c1-33-13-11-22(16-21(33)7-8-24-25-9-10-29(39)34(25,2)14-12-26(24)33)38-44-19-31(41)36-18-30(40)37-28(32(42)43)15-20-17-35-27-6-4-3-5-23(20)27/h3-6,17,21,24-26,28-29,35,39H,7-16,18-19H2,1-2H3,(H,36,41)(H,37,40)(H,42,43)/b38-22+/t21-,24-,25-,26-,28+,29+,33-,34+/m0/s1. The molecule has 1 aromatic heterocycles. The highest BCUT2D eigenvalue weighted by atomic mass is 16.6. The van der Waals surface area contributed by atoms with Crippen molar-refractivity contribution in [3.63, 3.8) is 0 Å². The Labute approximate surface area is 258 Å². The number of carboxylic acids is 1. The minimum Gasteiger partial charge on any atom is -0.480 e. The highest BCUT2D eigenvalue weighted by molar-refractivity contribution is 5.89. The van der Waals surface area contributed by atoms with Crippen LogP contribution in [-0.4, -0.2) is 64.0 Å². The third kappa shape index (κ3) is 5.73. The molecule has 0 spiro atoms. The van der Waals surface area contributed by atoms with E-state index in [4.69, 9.17) is 4.84 Å². The number of nitrogens with one attached hydrogen (secondary N) is 3. The van der Waals surface area contributed by atoms with Gasteiger partial charge in [-0.3, -0.25) is 9.59 Å². The van der Waals surface area contributed by atoms with E-state index in [0.717, 1.165) is 60.7 Å². The number of rotatable bonds is 9. The number of aliphatic hydroxyl groups excluding tert-OH is 1. The van der Waals surface area contributed by atoms with Crippen molar-refractivity contribution in [2.24, 2.45) is 39.7 Å². The van der Waals surface area contributed by atoms with Crippen LogP contribution in [0, 0.1) is 34.5 Å². The molecule has 4 aliphatic rings. The Balaban J connectivity index is 0.951. The average molecular weight is 607 g/mol. The first kappa shape index (κ1) is 30.6. The van der Waals surface area contributed by atoms with Gasteiger partial charge in [0.25, 0.3) is 5.91 Å². The molecule has 4 aliphatic carbocycles. The zero-order chi connectivity index (χ0) is 31.1. The zero-order valence-corrected chi connectivity index (χ0v) is 25.8. The molecular formula is C34H46N4O6. The number of carboxylic acid groups (broad SMARTS) is 1. The van der Waals surface area contributed by atoms with Crippen LogP contribution in [0.15, 0.2) is 35.6 Å². The lowest BCUT2D eigenvalue weighted by Gasteiger charge is -2.60. The largest absolute Gasteiger partial charge is 0.480 e. The van der Waals surface area contributed by atoms with E-state index < -0.39 is 23.8 Å². The summed E-state index contributed by atoms with van der Waals surface area (Å²) >= 11 is 0. The molecule has 1 heterocycles. The monoisotopic (exact) mass is 606 g/mol. The summed E-state index contributed by atoms with van der Waals surface area (Å²) in [5, 5.41) is 30.6. The molecule has 10 nitrogen and oxygen atoms in total. The van der Waals surface area contributed by atoms with Gasteiger partial charge in [0.15, 0.2) is 6.61 Å². The molecular weight excluding hydrogens is 560 g/mol. The fraction of sp³-hybridized carbons (Fsp3) is 0.647. The number of benzene rings is 1. The SMILES string of the molecule is C[C@]12CC/C(=N\OCC(=O)NCC(=O)N[C@H](Cc3c[nH]c4ccccc34)C(=O)O)C[C@@H]1CC[C@@H]1[C@@H]2CC[C@@]2(C)[C@H](O)CC[C@@H]12. The second-order valence-corrected chi connectivity index (χ2v) is 14.2. The Morgan fingerprint density at radius 1 is 1.05 bits per heavy atom. The van der Waals surface area contributed by atoms with Gasteiger partial charge < -0.3 is 30.7 Å². The number of hydrogen-bond donors (Lipinski definition) is 5. The normalized spacial score (nSPS) is 34.4. The predicted octanol–water partition coefficient (Wildman–Crippen LogP) is 4.17. The molecule has 44 heavy (non-hydrogen) atoms. The van der Waals surface area contributed by atoms with Crippen molar-refractivity contribution in [3.8, 4) is 0 Å². The van der Waals surface area contributed by atoms with Crippen LogP contribution < -0.4 is 10.6 Å². The van der Waals surface area contributed by atoms with Crippen molar-refractivity contribution in [1.82, 2.24) is 15.6 Å². The number of oxime groups is 1. The summed E-state index contributed by atoms with van der Waals surface area (Å²) in [5.41, 5.74) is 3.05. The van der Waals surface area contributed by atoms with Crippen molar-refractivity contribution in [2.45, 2.75) is 90.2 Å². The molecule has 2 amide bonds. The molecule has 1 aromatic carbocycles. The summed E-state index contributed by atoms with van der Waals surface area (Å²) in [6.45, 7) is 4.15. The number of carbonyl (C=O) groups excluding carboxylic acids is 2. The van der Waals surface area contributed by atoms with Gasteiger partial charge in [-0.05, 0) is 104 Å². The van der Waals surface area contributed by atoms with Crippen molar-refractivity contribution < 1.29 is 29.4 Å². The molecule has 5 N–H and O–H groups in total. The van der Waals surface area contributed by atoms with E-state index in [1.54, 1.807) is 6.20 Å².